The van der Waals surface area contributed by atoms with Gasteiger partial charge in [-0.25, -0.2) is 4.39 Å². The fourth-order valence-corrected chi connectivity index (χ4v) is 3.50. The molecule has 4 heteroatoms. The first-order chi connectivity index (χ1) is 9.95. The van der Waals surface area contributed by atoms with Crippen molar-refractivity contribution in [3.63, 3.8) is 0 Å². The van der Waals surface area contributed by atoms with Crippen LogP contribution in [0.4, 0.5) is 4.39 Å². The maximum atomic E-state index is 13.4. The van der Waals surface area contributed by atoms with Gasteiger partial charge in [-0.15, -0.1) is 0 Å². The summed E-state index contributed by atoms with van der Waals surface area (Å²) < 4.78 is 13.4. The van der Waals surface area contributed by atoms with E-state index in [0.29, 0.717) is 0 Å². The predicted molar refractivity (Wildman–Crippen MR) is 82.4 cm³/mol. The molecule has 3 nitrogen and oxygen atoms in total. The number of aromatic nitrogens is 1. The molecule has 1 aliphatic heterocycles. The number of hydrogen-bond acceptors (Lipinski definition) is 3. The summed E-state index contributed by atoms with van der Waals surface area (Å²) >= 11 is 0. The van der Waals surface area contributed by atoms with Crippen LogP contribution in [0, 0.1) is 11.7 Å². The van der Waals surface area contributed by atoms with Crippen LogP contribution in [-0.4, -0.2) is 34.1 Å². The molecule has 0 amide bonds. The summed E-state index contributed by atoms with van der Waals surface area (Å²) in [6.07, 6.45) is 6.82. The Morgan fingerprint density at radius 2 is 2.14 bits per heavy atom. The zero-order valence-electron chi connectivity index (χ0n) is 13.3. The Morgan fingerprint density at radius 1 is 1.38 bits per heavy atom. The van der Waals surface area contributed by atoms with Crippen LogP contribution in [0.3, 0.4) is 0 Å². The van der Waals surface area contributed by atoms with Gasteiger partial charge < -0.3 is 5.32 Å². The summed E-state index contributed by atoms with van der Waals surface area (Å²) in [5, 5.41) is 3.79. The molecule has 1 aromatic heterocycles. The Morgan fingerprint density at radius 3 is 2.76 bits per heavy atom. The third kappa shape index (κ3) is 2.97. The standard InChI is InChI=1S/C17H26FN3/c1-4-16(2)11-20-17(3,14-5-6-14)12-21(16)10-13-7-15(18)9-19-8-13/h7-9,14,20H,4-6,10-12H2,1-3H3. The molecule has 0 spiro atoms. The first kappa shape index (κ1) is 14.9. The molecule has 1 N–H and O–H groups in total. The van der Waals surface area contributed by atoms with Crippen LogP contribution in [0.5, 0.6) is 0 Å². The molecular formula is C17H26FN3. The lowest BCUT2D eigenvalue weighted by Crippen LogP contribution is -2.68. The molecule has 3 rings (SSSR count). The molecule has 2 atom stereocenters. The summed E-state index contributed by atoms with van der Waals surface area (Å²) in [6.45, 7) is 9.69. The van der Waals surface area contributed by atoms with E-state index in [2.05, 4.69) is 36.0 Å². The molecule has 2 fully saturated rings. The van der Waals surface area contributed by atoms with Crippen molar-refractivity contribution in [2.24, 2.45) is 5.92 Å². The molecule has 0 aromatic carbocycles. The van der Waals surface area contributed by atoms with E-state index in [9.17, 15) is 4.39 Å². The molecule has 1 saturated heterocycles. The van der Waals surface area contributed by atoms with Crippen molar-refractivity contribution in [1.82, 2.24) is 15.2 Å². The first-order valence-corrected chi connectivity index (χ1v) is 8.05. The SMILES string of the molecule is CCC1(C)CNC(C)(C2CC2)CN1Cc1cncc(F)c1. The quantitative estimate of drug-likeness (QED) is 0.924. The van der Waals surface area contributed by atoms with Gasteiger partial charge in [0.1, 0.15) is 5.82 Å². The van der Waals surface area contributed by atoms with Crippen LogP contribution in [0.2, 0.25) is 0 Å². The fraction of sp³-hybridized carbons (Fsp3) is 0.706. The number of hydrogen-bond donors (Lipinski definition) is 1. The topological polar surface area (TPSA) is 28.2 Å². The number of nitrogens with one attached hydrogen (secondary N) is 1. The monoisotopic (exact) mass is 291 g/mol. The van der Waals surface area contributed by atoms with E-state index in [1.54, 1.807) is 12.3 Å². The zero-order chi connectivity index (χ0) is 15.1. The third-order valence-electron chi connectivity index (χ3n) is 5.53. The molecule has 2 aliphatic rings. The van der Waals surface area contributed by atoms with E-state index in [-0.39, 0.29) is 16.9 Å². The second kappa shape index (κ2) is 5.33. The van der Waals surface area contributed by atoms with Crippen LogP contribution < -0.4 is 5.32 Å². The van der Waals surface area contributed by atoms with E-state index >= 15 is 0 Å². The molecule has 21 heavy (non-hydrogen) atoms. The lowest BCUT2D eigenvalue weighted by molar-refractivity contribution is 0.00413. The van der Waals surface area contributed by atoms with Crippen molar-refractivity contribution in [2.45, 2.75) is 57.7 Å². The van der Waals surface area contributed by atoms with Crippen LogP contribution in [-0.2, 0) is 6.54 Å². The van der Waals surface area contributed by atoms with Gasteiger partial charge in [-0.2, -0.15) is 0 Å². The Kier molecular flexibility index (Phi) is 3.78. The van der Waals surface area contributed by atoms with Gasteiger partial charge in [-0.1, -0.05) is 6.92 Å². The highest BCUT2D eigenvalue weighted by Crippen LogP contribution is 2.43. The smallest absolute Gasteiger partial charge is 0.141 e. The van der Waals surface area contributed by atoms with Gasteiger partial charge in [-0.3, -0.25) is 9.88 Å². The van der Waals surface area contributed by atoms with E-state index in [0.717, 1.165) is 37.5 Å². The number of piperazine rings is 1. The van der Waals surface area contributed by atoms with Crippen molar-refractivity contribution in [3.8, 4) is 0 Å². The molecular weight excluding hydrogens is 265 g/mol. The van der Waals surface area contributed by atoms with Crippen molar-refractivity contribution < 1.29 is 4.39 Å². The maximum absolute atomic E-state index is 13.4. The summed E-state index contributed by atoms with van der Waals surface area (Å²) in [5.74, 6) is 0.554. The molecule has 0 bridgehead atoms. The molecule has 116 valence electrons. The number of halogens is 1. The highest BCUT2D eigenvalue weighted by atomic mass is 19.1. The summed E-state index contributed by atoms with van der Waals surface area (Å²) in [7, 11) is 0. The molecule has 0 radical (unpaired) electrons. The van der Waals surface area contributed by atoms with Gasteiger partial charge in [0, 0.05) is 36.9 Å². The van der Waals surface area contributed by atoms with Crippen LogP contribution >= 0.6 is 0 Å². The Labute approximate surface area is 126 Å². The third-order valence-corrected chi connectivity index (χ3v) is 5.53. The minimum Gasteiger partial charge on any atom is -0.308 e. The lowest BCUT2D eigenvalue weighted by Gasteiger charge is -2.52. The highest BCUT2D eigenvalue weighted by molar-refractivity contribution is 5.13. The van der Waals surface area contributed by atoms with Gasteiger partial charge in [0.15, 0.2) is 0 Å². The number of pyridine rings is 1. The molecule has 2 unspecified atom stereocenters. The van der Waals surface area contributed by atoms with Gasteiger partial charge in [0.2, 0.25) is 0 Å². The minimum absolute atomic E-state index is 0.126. The van der Waals surface area contributed by atoms with E-state index < -0.39 is 0 Å². The van der Waals surface area contributed by atoms with Gasteiger partial charge in [-0.05, 0) is 50.7 Å². The average Bonchev–Trinajstić information content (AvgIpc) is 3.28. The fourth-order valence-electron chi connectivity index (χ4n) is 3.50. The van der Waals surface area contributed by atoms with E-state index in [1.807, 2.05) is 0 Å². The summed E-state index contributed by atoms with van der Waals surface area (Å²) in [5.41, 5.74) is 1.30. The zero-order valence-corrected chi connectivity index (χ0v) is 13.3. The minimum atomic E-state index is -0.245. The highest BCUT2D eigenvalue weighted by Gasteiger charge is 2.48. The van der Waals surface area contributed by atoms with E-state index in [4.69, 9.17) is 0 Å². The van der Waals surface area contributed by atoms with Gasteiger partial charge in [0.25, 0.3) is 0 Å². The molecule has 1 aromatic rings. The van der Waals surface area contributed by atoms with Crippen molar-refractivity contribution >= 4 is 0 Å². The first-order valence-electron chi connectivity index (χ1n) is 8.05. The van der Waals surface area contributed by atoms with Crippen molar-refractivity contribution in [3.05, 3.63) is 29.8 Å². The Balaban J connectivity index is 1.80. The maximum Gasteiger partial charge on any atom is 0.141 e. The number of rotatable bonds is 4. The Hall–Kier alpha value is -1.00. The molecule has 1 aliphatic carbocycles. The predicted octanol–water partition coefficient (Wildman–Crippen LogP) is 2.96. The van der Waals surface area contributed by atoms with Crippen molar-refractivity contribution in [2.75, 3.05) is 13.1 Å². The van der Waals surface area contributed by atoms with Crippen molar-refractivity contribution in [1.29, 1.82) is 0 Å². The summed E-state index contributed by atoms with van der Waals surface area (Å²) in [6, 6.07) is 1.61. The second-order valence-electron chi connectivity index (χ2n) is 7.26. The largest absolute Gasteiger partial charge is 0.308 e. The van der Waals surface area contributed by atoms with Crippen LogP contribution in [0.15, 0.2) is 18.5 Å². The summed E-state index contributed by atoms with van der Waals surface area (Å²) in [4.78, 5) is 6.52. The van der Waals surface area contributed by atoms with Gasteiger partial charge in [0.05, 0.1) is 6.20 Å². The average molecular weight is 291 g/mol. The van der Waals surface area contributed by atoms with Crippen LogP contribution in [0.25, 0.3) is 0 Å². The molecule has 1 saturated carbocycles. The second-order valence-corrected chi connectivity index (χ2v) is 7.26. The number of nitrogens with zero attached hydrogens (tertiary/aromatic N) is 2. The van der Waals surface area contributed by atoms with Gasteiger partial charge >= 0.3 is 0 Å². The normalized spacial score (nSPS) is 34.1. The lowest BCUT2D eigenvalue weighted by atomic mass is 9.84. The van der Waals surface area contributed by atoms with Crippen LogP contribution in [0.1, 0.15) is 45.6 Å². The Bertz CT molecular complexity index is 517. The van der Waals surface area contributed by atoms with E-state index in [1.165, 1.54) is 19.0 Å². The molecule has 2 heterocycles.